The lowest BCUT2D eigenvalue weighted by Crippen LogP contribution is -2.18. The summed E-state index contributed by atoms with van der Waals surface area (Å²) in [7, 11) is 0. The largest absolute Gasteiger partial charge is 0.353 e. The fourth-order valence-corrected chi connectivity index (χ4v) is 2.88. The SMILES string of the molecule is Cc1cn(Cc2cc(F)ccc2F)c(NC2CCCC2)n1. The Morgan fingerprint density at radius 3 is 2.81 bits per heavy atom. The molecule has 0 aliphatic heterocycles. The van der Waals surface area contributed by atoms with Crippen LogP contribution in [0.5, 0.6) is 0 Å². The second-order valence-electron chi connectivity index (χ2n) is 5.70. The van der Waals surface area contributed by atoms with E-state index in [0.717, 1.165) is 30.6 Å². The number of hydrogen-bond acceptors (Lipinski definition) is 2. The molecule has 3 nitrogen and oxygen atoms in total. The zero-order valence-electron chi connectivity index (χ0n) is 12.1. The molecule has 0 radical (unpaired) electrons. The Hall–Kier alpha value is -1.91. The zero-order chi connectivity index (χ0) is 14.8. The Balaban J connectivity index is 1.82. The van der Waals surface area contributed by atoms with E-state index in [1.54, 1.807) is 0 Å². The van der Waals surface area contributed by atoms with Gasteiger partial charge in [-0.2, -0.15) is 0 Å². The van der Waals surface area contributed by atoms with Gasteiger partial charge in [0.2, 0.25) is 5.95 Å². The van der Waals surface area contributed by atoms with E-state index in [9.17, 15) is 8.78 Å². The van der Waals surface area contributed by atoms with Crippen LogP contribution in [0.1, 0.15) is 36.9 Å². The second kappa shape index (κ2) is 5.84. The molecule has 112 valence electrons. The highest BCUT2D eigenvalue weighted by Crippen LogP contribution is 2.23. The van der Waals surface area contributed by atoms with Gasteiger partial charge in [0.15, 0.2) is 0 Å². The molecule has 1 aliphatic rings. The average Bonchev–Trinajstić information content (AvgIpc) is 3.05. The summed E-state index contributed by atoms with van der Waals surface area (Å²) in [6.07, 6.45) is 6.61. The van der Waals surface area contributed by atoms with Crippen LogP contribution in [0.25, 0.3) is 0 Å². The number of benzene rings is 1. The lowest BCUT2D eigenvalue weighted by molar-refractivity contribution is 0.577. The van der Waals surface area contributed by atoms with Crippen LogP contribution >= 0.6 is 0 Å². The number of anilines is 1. The molecule has 1 aliphatic carbocycles. The molecule has 1 saturated carbocycles. The Labute approximate surface area is 123 Å². The lowest BCUT2D eigenvalue weighted by Gasteiger charge is -2.15. The number of aromatic nitrogens is 2. The van der Waals surface area contributed by atoms with Crippen molar-refractivity contribution < 1.29 is 8.78 Å². The van der Waals surface area contributed by atoms with Crippen LogP contribution in [0.2, 0.25) is 0 Å². The molecule has 3 rings (SSSR count). The molecule has 0 unspecified atom stereocenters. The molecular weight excluding hydrogens is 272 g/mol. The van der Waals surface area contributed by atoms with Crippen molar-refractivity contribution in [3.63, 3.8) is 0 Å². The highest BCUT2D eigenvalue weighted by atomic mass is 19.1. The number of nitrogens with zero attached hydrogens (tertiary/aromatic N) is 2. The molecule has 5 heteroatoms. The second-order valence-corrected chi connectivity index (χ2v) is 5.70. The van der Waals surface area contributed by atoms with Crippen molar-refractivity contribution in [1.29, 1.82) is 0 Å². The molecule has 1 aromatic heterocycles. The minimum absolute atomic E-state index is 0.277. The van der Waals surface area contributed by atoms with Crippen LogP contribution in [0.15, 0.2) is 24.4 Å². The Morgan fingerprint density at radius 2 is 2.05 bits per heavy atom. The fourth-order valence-electron chi connectivity index (χ4n) is 2.88. The molecule has 0 amide bonds. The van der Waals surface area contributed by atoms with Crippen molar-refractivity contribution in [3.05, 3.63) is 47.3 Å². The normalized spacial score (nSPS) is 15.6. The van der Waals surface area contributed by atoms with Gasteiger partial charge in [-0.25, -0.2) is 13.8 Å². The average molecular weight is 291 g/mol. The third kappa shape index (κ3) is 3.23. The predicted octanol–water partition coefficient (Wildman–Crippen LogP) is 3.87. The summed E-state index contributed by atoms with van der Waals surface area (Å²) < 4.78 is 28.9. The highest BCUT2D eigenvalue weighted by Gasteiger charge is 2.17. The molecule has 1 aromatic carbocycles. The summed E-state index contributed by atoms with van der Waals surface area (Å²) in [6, 6.07) is 3.97. The smallest absolute Gasteiger partial charge is 0.203 e. The number of hydrogen-bond donors (Lipinski definition) is 1. The Bertz CT molecular complexity index is 630. The summed E-state index contributed by atoms with van der Waals surface area (Å²) in [5, 5.41) is 3.42. The first kappa shape index (κ1) is 14.0. The van der Waals surface area contributed by atoms with Crippen molar-refractivity contribution in [3.8, 4) is 0 Å². The first-order chi connectivity index (χ1) is 10.1. The molecular formula is C16H19F2N3. The Morgan fingerprint density at radius 1 is 1.29 bits per heavy atom. The molecule has 21 heavy (non-hydrogen) atoms. The number of aryl methyl sites for hydroxylation is 1. The summed E-state index contributed by atoms with van der Waals surface area (Å²) in [5.74, 6) is -0.0776. The van der Waals surface area contributed by atoms with E-state index >= 15 is 0 Å². The topological polar surface area (TPSA) is 29.9 Å². The van der Waals surface area contributed by atoms with Crippen LogP contribution in [0.3, 0.4) is 0 Å². The van der Waals surface area contributed by atoms with E-state index in [4.69, 9.17) is 0 Å². The van der Waals surface area contributed by atoms with Gasteiger partial charge in [-0.3, -0.25) is 0 Å². The summed E-state index contributed by atoms with van der Waals surface area (Å²) >= 11 is 0. The molecule has 1 heterocycles. The first-order valence-corrected chi connectivity index (χ1v) is 7.36. The maximum atomic E-state index is 13.8. The van der Waals surface area contributed by atoms with Crippen LogP contribution in [0.4, 0.5) is 14.7 Å². The van der Waals surface area contributed by atoms with Gasteiger partial charge in [0, 0.05) is 17.8 Å². The van der Waals surface area contributed by atoms with Gasteiger partial charge >= 0.3 is 0 Å². The number of rotatable bonds is 4. The van der Waals surface area contributed by atoms with E-state index in [0.29, 0.717) is 11.6 Å². The van der Waals surface area contributed by atoms with E-state index in [-0.39, 0.29) is 6.54 Å². The zero-order valence-corrected chi connectivity index (χ0v) is 12.1. The van der Waals surface area contributed by atoms with Crippen molar-refractivity contribution in [2.45, 2.75) is 45.2 Å². The monoisotopic (exact) mass is 291 g/mol. The fraction of sp³-hybridized carbons (Fsp3) is 0.438. The van der Waals surface area contributed by atoms with Crippen molar-refractivity contribution >= 4 is 5.95 Å². The number of nitrogens with one attached hydrogen (secondary N) is 1. The predicted molar refractivity (Wildman–Crippen MR) is 78.3 cm³/mol. The van der Waals surface area contributed by atoms with Crippen LogP contribution in [-0.4, -0.2) is 15.6 Å². The minimum atomic E-state index is -0.423. The van der Waals surface area contributed by atoms with Crippen LogP contribution < -0.4 is 5.32 Å². The minimum Gasteiger partial charge on any atom is -0.353 e. The van der Waals surface area contributed by atoms with Gasteiger partial charge in [0.05, 0.1) is 12.2 Å². The van der Waals surface area contributed by atoms with E-state index in [2.05, 4.69) is 10.3 Å². The summed E-state index contributed by atoms with van der Waals surface area (Å²) in [5.41, 5.74) is 1.20. The molecule has 0 saturated heterocycles. The van der Waals surface area contributed by atoms with Crippen LogP contribution in [-0.2, 0) is 6.54 Å². The van der Waals surface area contributed by atoms with Gasteiger partial charge in [-0.15, -0.1) is 0 Å². The summed E-state index contributed by atoms with van der Waals surface area (Å²) in [4.78, 5) is 4.46. The van der Waals surface area contributed by atoms with Gasteiger partial charge in [0.25, 0.3) is 0 Å². The van der Waals surface area contributed by atoms with E-state index in [1.165, 1.54) is 25.0 Å². The van der Waals surface area contributed by atoms with E-state index < -0.39 is 11.6 Å². The maximum Gasteiger partial charge on any atom is 0.203 e. The molecule has 0 spiro atoms. The molecule has 1 fully saturated rings. The van der Waals surface area contributed by atoms with Crippen LogP contribution in [0, 0.1) is 18.6 Å². The third-order valence-corrected chi connectivity index (χ3v) is 3.93. The Kier molecular flexibility index (Phi) is 3.90. The third-order valence-electron chi connectivity index (χ3n) is 3.93. The van der Waals surface area contributed by atoms with Gasteiger partial charge in [-0.05, 0) is 38.0 Å². The molecule has 1 N–H and O–H groups in total. The van der Waals surface area contributed by atoms with Crippen molar-refractivity contribution in [2.24, 2.45) is 0 Å². The summed E-state index contributed by atoms with van der Waals surface area (Å²) in [6.45, 7) is 2.18. The number of imidazole rings is 1. The molecule has 0 atom stereocenters. The van der Waals surface area contributed by atoms with Gasteiger partial charge in [-0.1, -0.05) is 12.8 Å². The number of halogens is 2. The van der Waals surface area contributed by atoms with Crippen molar-refractivity contribution in [1.82, 2.24) is 9.55 Å². The lowest BCUT2D eigenvalue weighted by atomic mass is 10.2. The van der Waals surface area contributed by atoms with E-state index in [1.807, 2.05) is 17.7 Å². The first-order valence-electron chi connectivity index (χ1n) is 7.36. The maximum absolute atomic E-state index is 13.8. The standard InChI is InChI=1S/C16H19F2N3/c1-11-9-21(10-12-8-13(17)6-7-15(12)18)16(19-11)20-14-4-2-3-5-14/h6-9,14H,2-5,10H2,1H3,(H,19,20). The molecule has 2 aromatic rings. The highest BCUT2D eigenvalue weighted by molar-refractivity contribution is 5.32. The van der Waals surface area contributed by atoms with Gasteiger partial charge < -0.3 is 9.88 Å². The van der Waals surface area contributed by atoms with Gasteiger partial charge in [0.1, 0.15) is 11.6 Å². The quantitative estimate of drug-likeness (QED) is 0.926. The van der Waals surface area contributed by atoms with Crippen molar-refractivity contribution in [2.75, 3.05) is 5.32 Å². The molecule has 0 bridgehead atoms.